The predicted molar refractivity (Wildman–Crippen MR) is 90.9 cm³/mol. The highest BCUT2D eigenvalue weighted by molar-refractivity contribution is 5.98. The summed E-state index contributed by atoms with van der Waals surface area (Å²) < 4.78 is 2.11. The Morgan fingerprint density at radius 3 is 2.79 bits per heavy atom. The van der Waals surface area contributed by atoms with Crippen molar-refractivity contribution >= 4 is 11.4 Å². The Hall–Kier alpha value is -1.88. The van der Waals surface area contributed by atoms with Crippen LogP contribution >= 0.6 is 0 Å². The predicted octanol–water partition coefficient (Wildman–Crippen LogP) is 2.30. The first-order chi connectivity index (χ1) is 11.7. The maximum Gasteiger partial charge on any atom is 0.295 e. The smallest absolute Gasteiger partial charge is 0.295 e. The van der Waals surface area contributed by atoms with Crippen LogP contribution in [-0.2, 0) is 0 Å². The third-order valence-electron chi connectivity index (χ3n) is 5.69. The summed E-state index contributed by atoms with van der Waals surface area (Å²) in [5.41, 5.74) is 1.43. The number of carbonyl (C=O) groups excluding carboxylic acids is 1. The molecule has 1 amide bonds. The van der Waals surface area contributed by atoms with E-state index >= 15 is 0 Å². The first-order valence-corrected chi connectivity index (χ1v) is 9.14. The highest BCUT2D eigenvalue weighted by Crippen LogP contribution is 2.38. The second-order valence-electron chi connectivity index (χ2n) is 7.52. The molecule has 2 aliphatic carbocycles. The van der Waals surface area contributed by atoms with Gasteiger partial charge in [-0.3, -0.25) is 4.79 Å². The Labute approximate surface area is 142 Å². The molecule has 5 nitrogen and oxygen atoms in total. The number of H-pyrrole nitrogens is 1. The largest absolute Gasteiger partial charge is 0.396 e. The molecule has 0 spiro atoms. The van der Waals surface area contributed by atoms with Crippen molar-refractivity contribution in [3.05, 3.63) is 35.9 Å². The fraction of sp³-hybridized carbons (Fsp3) is 0.579. The van der Waals surface area contributed by atoms with E-state index in [4.69, 9.17) is 0 Å². The van der Waals surface area contributed by atoms with E-state index in [9.17, 15) is 9.90 Å². The van der Waals surface area contributed by atoms with Crippen LogP contribution in [0.2, 0.25) is 0 Å². The summed E-state index contributed by atoms with van der Waals surface area (Å²) in [7, 11) is 0. The number of imidazole rings is 1. The maximum absolute atomic E-state index is 12.8. The lowest BCUT2D eigenvalue weighted by Crippen LogP contribution is -2.41. The molecule has 4 rings (SSSR count). The Morgan fingerprint density at radius 2 is 2.08 bits per heavy atom. The van der Waals surface area contributed by atoms with Gasteiger partial charge in [0.15, 0.2) is 5.52 Å². The number of nitrogens with zero attached hydrogens (tertiary/aromatic N) is 1. The molecule has 2 aliphatic rings. The molecule has 5 heteroatoms. The van der Waals surface area contributed by atoms with Crippen molar-refractivity contribution in [3.63, 3.8) is 0 Å². The molecule has 0 atom stereocenters. The SMILES string of the molecule is O=C(NCC1(CO)CCCCC1)c1[nH]c(C2CC2)[n+]2ccccc12. The van der Waals surface area contributed by atoms with Crippen LogP contribution in [-0.4, -0.2) is 29.1 Å². The van der Waals surface area contributed by atoms with Gasteiger partial charge in [-0.25, -0.2) is 4.98 Å². The summed E-state index contributed by atoms with van der Waals surface area (Å²) in [6.45, 7) is 0.708. The molecule has 2 fully saturated rings. The molecule has 0 radical (unpaired) electrons. The lowest BCUT2D eigenvalue weighted by atomic mass is 9.74. The fourth-order valence-corrected chi connectivity index (χ4v) is 3.99. The highest BCUT2D eigenvalue weighted by atomic mass is 16.3. The Kier molecular flexibility index (Phi) is 4.04. The van der Waals surface area contributed by atoms with Crippen LogP contribution in [0.25, 0.3) is 5.52 Å². The number of carbonyl (C=O) groups is 1. The van der Waals surface area contributed by atoms with Gasteiger partial charge in [0.2, 0.25) is 5.69 Å². The van der Waals surface area contributed by atoms with Crippen molar-refractivity contribution in [2.24, 2.45) is 5.41 Å². The van der Waals surface area contributed by atoms with E-state index in [0.29, 0.717) is 18.2 Å². The van der Waals surface area contributed by atoms with E-state index in [1.54, 1.807) is 0 Å². The van der Waals surface area contributed by atoms with Gasteiger partial charge >= 0.3 is 0 Å². The average Bonchev–Trinajstić information content (AvgIpc) is 3.41. The van der Waals surface area contributed by atoms with Crippen LogP contribution < -0.4 is 9.72 Å². The second kappa shape index (κ2) is 6.20. The standard InChI is InChI=1S/C19H25N3O2/c23-13-19(9-3-1-4-10-19)12-20-18(24)16-15-6-2-5-11-22(15)17(21-16)14-7-8-14/h2,5-6,11,14,23H,1,3-4,7-10,12-13H2,(H,20,24)/p+1. The van der Waals surface area contributed by atoms with Crippen LogP contribution in [0, 0.1) is 5.41 Å². The number of pyridine rings is 1. The molecule has 0 unspecified atom stereocenters. The normalized spacial score (nSPS) is 20.2. The van der Waals surface area contributed by atoms with Gasteiger partial charge in [0, 0.05) is 12.0 Å². The third kappa shape index (κ3) is 2.81. The second-order valence-corrected chi connectivity index (χ2v) is 7.52. The quantitative estimate of drug-likeness (QED) is 0.737. The van der Waals surface area contributed by atoms with Crippen molar-refractivity contribution < 1.29 is 14.3 Å². The van der Waals surface area contributed by atoms with E-state index in [0.717, 1.165) is 37.0 Å². The third-order valence-corrected chi connectivity index (χ3v) is 5.69. The van der Waals surface area contributed by atoms with Crippen LogP contribution in [0.15, 0.2) is 24.4 Å². The van der Waals surface area contributed by atoms with Crippen molar-refractivity contribution in [2.75, 3.05) is 13.2 Å². The molecule has 0 aromatic carbocycles. The topological polar surface area (TPSA) is 69.2 Å². The molecule has 0 saturated heterocycles. The Bertz CT molecular complexity index is 742. The van der Waals surface area contributed by atoms with E-state index in [1.165, 1.54) is 19.3 Å². The summed E-state index contributed by atoms with van der Waals surface area (Å²) in [5.74, 6) is 1.61. The molecular weight excluding hydrogens is 302 g/mol. The number of aliphatic hydroxyl groups excluding tert-OH is 1. The number of nitrogens with one attached hydrogen (secondary N) is 2. The van der Waals surface area contributed by atoms with Gasteiger partial charge in [0.25, 0.3) is 11.7 Å². The molecule has 0 aliphatic heterocycles. The number of amides is 1. The summed E-state index contributed by atoms with van der Waals surface area (Å²) in [6, 6.07) is 5.95. The number of hydrogen-bond acceptors (Lipinski definition) is 2. The molecule has 3 N–H and O–H groups in total. The van der Waals surface area contributed by atoms with Crippen molar-refractivity contribution in [1.29, 1.82) is 0 Å². The maximum atomic E-state index is 12.8. The van der Waals surface area contributed by atoms with Gasteiger partial charge in [-0.1, -0.05) is 25.3 Å². The molecule has 24 heavy (non-hydrogen) atoms. The number of fused-ring (bicyclic) bond motifs is 1. The first kappa shape index (κ1) is 15.6. The van der Waals surface area contributed by atoms with Crippen molar-refractivity contribution in [3.8, 4) is 0 Å². The van der Waals surface area contributed by atoms with Crippen LogP contribution in [0.5, 0.6) is 0 Å². The molecule has 2 aromatic heterocycles. The molecule has 2 saturated carbocycles. The monoisotopic (exact) mass is 328 g/mol. The van der Waals surface area contributed by atoms with Crippen molar-refractivity contribution in [1.82, 2.24) is 10.3 Å². The van der Waals surface area contributed by atoms with Crippen molar-refractivity contribution in [2.45, 2.75) is 50.9 Å². The summed E-state index contributed by atoms with van der Waals surface area (Å²) in [6.07, 6.45) is 9.91. The van der Waals surface area contributed by atoms with Crippen LogP contribution in [0.1, 0.15) is 67.2 Å². The lowest BCUT2D eigenvalue weighted by Gasteiger charge is -2.35. The van der Waals surface area contributed by atoms with E-state index < -0.39 is 0 Å². The minimum absolute atomic E-state index is 0.0657. The van der Waals surface area contributed by atoms with E-state index in [1.807, 2.05) is 24.4 Å². The highest BCUT2D eigenvalue weighted by Gasteiger charge is 2.37. The lowest BCUT2D eigenvalue weighted by molar-refractivity contribution is -0.521. The van der Waals surface area contributed by atoms with Gasteiger partial charge < -0.3 is 10.4 Å². The molecule has 2 aromatic rings. The van der Waals surface area contributed by atoms with Gasteiger partial charge in [-0.2, -0.15) is 4.40 Å². The van der Waals surface area contributed by atoms with Gasteiger partial charge in [0.1, 0.15) is 0 Å². The fourth-order valence-electron chi connectivity index (χ4n) is 3.99. The van der Waals surface area contributed by atoms with E-state index in [2.05, 4.69) is 14.7 Å². The number of aromatic nitrogens is 2. The number of rotatable bonds is 5. The minimum atomic E-state index is -0.136. The number of aromatic amines is 1. The van der Waals surface area contributed by atoms with Crippen LogP contribution in [0.3, 0.4) is 0 Å². The molecular formula is C19H26N3O2+. The Balaban J connectivity index is 1.55. The zero-order valence-corrected chi connectivity index (χ0v) is 14.1. The van der Waals surface area contributed by atoms with Gasteiger partial charge in [-0.05, 0) is 37.8 Å². The van der Waals surface area contributed by atoms with Gasteiger partial charge in [0.05, 0.1) is 18.7 Å². The molecule has 2 heterocycles. The molecule has 128 valence electrons. The molecule has 0 bridgehead atoms. The zero-order valence-electron chi connectivity index (χ0n) is 14.1. The minimum Gasteiger partial charge on any atom is -0.396 e. The Morgan fingerprint density at radius 1 is 1.29 bits per heavy atom. The first-order valence-electron chi connectivity index (χ1n) is 9.14. The zero-order chi connectivity index (χ0) is 16.6. The average molecular weight is 328 g/mol. The summed E-state index contributed by atoms with van der Waals surface area (Å²) in [5, 5.41) is 12.9. The van der Waals surface area contributed by atoms with Crippen LogP contribution in [0.4, 0.5) is 0 Å². The number of hydrogen-bond donors (Lipinski definition) is 3. The summed E-state index contributed by atoms with van der Waals surface area (Å²) >= 11 is 0. The van der Waals surface area contributed by atoms with Gasteiger partial charge in [-0.15, -0.1) is 0 Å². The van der Waals surface area contributed by atoms with E-state index in [-0.39, 0.29) is 17.9 Å². The summed E-state index contributed by atoms with van der Waals surface area (Å²) in [4.78, 5) is 16.1. The number of aliphatic hydroxyl groups is 1.